The monoisotopic (exact) mass is 476 g/mol. The van der Waals surface area contributed by atoms with E-state index in [1.165, 1.54) is 0 Å². The Kier molecular flexibility index (Phi) is 11.4. The molecule has 0 aromatic heterocycles. The minimum Gasteiger partial charge on any atom is -0.396 e. The lowest BCUT2D eigenvalue weighted by Gasteiger charge is -2.15. The summed E-state index contributed by atoms with van der Waals surface area (Å²) in [5.74, 6) is 0. The first kappa shape index (κ1) is 30.8. The summed E-state index contributed by atoms with van der Waals surface area (Å²) in [6.45, 7) is 0.188. The van der Waals surface area contributed by atoms with E-state index in [4.69, 9.17) is 19.3 Å². The van der Waals surface area contributed by atoms with Crippen molar-refractivity contribution in [2.75, 3.05) is 13.2 Å². The van der Waals surface area contributed by atoms with Crippen LogP contribution in [0.25, 0.3) is 0 Å². The average molecular weight is 476 g/mol. The van der Waals surface area contributed by atoms with E-state index in [0.29, 0.717) is 6.42 Å². The minimum absolute atomic E-state index is 0.0938. The summed E-state index contributed by atoms with van der Waals surface area (Å²) in [5.41, 5.74) is 0. The van der Waals surface area contributed by atoms with Gasteiger partial charge in [0, 0.05) is 13.2 Å². The van der Waals surface area contributed by atoms with Gasteiger partial charge >= 0.3 is 43.1 Å². The van der Waals surface area contributed by atoms with E-state index in [1.807, 2.05) is 0 Å². The van der Waals surface area contributed by atoms with Gasteiger partial charge in [-0.2, -0.15) is 60.7 Å². The summed E-state index contributed by atoms with van der Waals surface area (Å²) in [7, 11) is -12.8. The van der Waals surface area contributed by atoms with Crippen LogP contribution in [0.3, 0.4) is 0 Å². The molecule has 27 heavy (non-hydrogen) atoms. The van der Waals surface area contributed by atoms with Gasteiger partial charge in [0.05, 0.1) is 0 Å². The third-order valence-corrected chi connectivity index (χ3v) is 3.38. The van der Waals surface area contributed by atoms with Crippen LogP contribution in [0.1, 0.15) is 6.42 Å². The molecule has 0 rings (SSSR count). The highest BCUT2D eigenvalue weighted by atomic mass is 32.2. The summed E-state index contributed by atoms with van der Waals surface area (Å²) < 4.78 is 164. The van der Waals surface area contributed by atoms with Gasteiger partial charge in [-0.25, -0.2) is 0 Å². The molecule has 0 aliphatic heterocycles. The molecule has 20 heteroatoms. The number of aliphatic hydroxyl groups is 2. The van der Waals surface area contributed by atoms with E-state index in [0.717, 1.165) is 0 Å². The molecule has 0 aliphatic rings. The second kappa shape index (κ2) is 10.0. The molecule has 8 nitrogen and oxygen atoms in total. The van der Waals surface area contributed by atoms with Crippen molar-refractivity contribution in [1.29, 1.82) is 0 Å². The van der Waals surface area contributed by atoms with E-state index >= 15 is 0 Å². The Bertz CT molecular complexity index is 579. The summed E-state index contributed by atoms with van der Waals surface area (Å²) in [5, 5.41) is 3.62. The molecule has 0 aliphatic carbocycles. The smallest absolute Gasteiger partial charge is 0.396 e. The van der Waals surface area contributed by atoms with Crippen molar-refractivity contribution in [3.63, 3.8) is 0 Å². The molecule has 0 amide bonds. The van der Waals surface area contributed by atoms with Gasteiger partial charge in [-0.1, -0.05) is 0 Å². The lowest BCUT2D eigenvalue weighted by molar-refractivity contribution is -0.243. The van der Waals surface area contributed by atoms with Gasteiger partial charge in [-0.15, -0.1) is 0 Å². The molecule has 0 spiro atoms. The zero-order valence-electron chi connectivity index (χ0n) is 12.1. The summed E-state index contributed by atoms with van der Waals surface area (Å²) in [4.78, 5) is 0. The van der Waals surface area contributed by atoms with Crippen LogP contribution in [0.15, 0.2) is 0 Å². The number of halogens is 10. The van der Waals surface area contributed by atoms with Crippen LogP contribution in [-0.2, 0) is 20.2 Å². The van der Waals surface area contributed by atoms with Crippen molar-refractivity contribution >= 4 is 20.2 Å². The van der Waals surface area contributed by atoms with Crippen LogP contribution in [0.5, 0.6) is 0 Å². The van der Waals surface area contributed by atoms with Crippen molar-refractivity contribution in [3.8, 4) is 0 Å². The lowest BCUT2D eigenvalue weighted by atomic mass is 10.5. The van der Waals surface area contributed by atoms with E-state index in [1.54, 1.807) is 0 Å². The average Bonchev–Trinajstić information content (AvgIpc) is 2.35. The van der Waals surface area contributed by atoms with Gasteiger partial charge in [0.2, 0.25) is 0 Å². The van der Waals surface area contributed by atoms with Gasteiger partial charge in [0.15, 0.2) is 0 Å². The van der Waals surface area contributed by atoms with Crippen molar-refractivity contribution in [1.82, 2.24) is 0 Å². The molecule has 0 aromatic carbocycles. The summed E-state index contributed by atoms with van der Waals surface area (Å²) in [6, 6.07) is 0. The lowest BCUT2D eigenvalue weighted by Crippen LogP contribution is -2.43. The van der Waals surface area contributed by atoms with Crippen LogP contribution in [0, 0.1) is 0 Å². The maximum Gasteiger partial charge on any atom is 0.472 e. The number of rotatable bonds is 4. The predicted octanol–water partition coefficient (Wildman–Crippen LogP) is 1.42. The molecule has 0 atom stereocenters. The first-order valence-electron chi connectivity index (χ1n) is 5.46. The highest BCUT2D eigenvalue weighted by Crippen LogP contribution is 2.39. The Morgan fingerprint density at radius 3 is 0.741 bits per heavy atom. The fraction of sp³-hybridized carbons (Fsp3) is 1.00. The van der Waals surface area contributed by atoms with Crippen LogP contribution in [0.4, 0.5) is 43.9 Å². The zero-order chi connectivity index (χ0) is 23.1. The molecule has 0 heterocycles. The van der Waals surface area contributed by atoms with E-state index < -0.39 is 43.1 Å². The Balaban J connectivity index is -0.000000344. The second-order valence-corrected chi connectivity index (χ2v) is 6.71. The highest BCUT2D eigenvalue weighted by molar-refractivity contribution is 7.87. The normalized spacial score (nSPS) is 13.9. The van der Waals surface area contributed by atoms with E-state index in [9.17, 15) is 60.7 Å². The summed E-state index contributed by atoms with van der Waals surface area (Å²) >= 11 is 0. The van der Waals surface area contributed by atoms with E-state index in [-0.39, 0.29) is 13.2 Å². The standard InChI is InChI=1S/C3H8O2.2C2HF5O3S/c4-2-1-3-5;2*3-1(4,5)2(6,7)11(8,9)10/h4-5H,1-3H2;2*(H,8,9,10). The number of hydrogen-bond acceptors (Lipinski definition) is 6. The second-order valence-electron chi connectivity index (χ2n) is 3.78. The molecule has 0 fully saturated rings. The van der Waals surface area contributed by atoms with Crippen molar-refractivity contribution in [2.45, 2.75) is 29.3 Å². The number of aliphatic hydroxyl groups excluding tert-OH is 2. The molecule has 0 unspecified atom stereocenters. The maximum atomic E-state index is 11.5. The van der Waals surface area contributed by atoms with E-state index in [2.05, 4.69) is 0 Å². The molecule has 0 radical (unpaired) electrons. The fourth-order valence-electron chi connectivity index (χ4n) is 0.363. The third-order valence-electron chi connectivity index (χ3n) is 1.62. The number of alkyl halides is 10. The van der Waals surface area contributed by atoms with Crippen molar-refractivity contribution in [2.24, 2.45) is 0 Å². The van der Waals surface area contributed by atoms with Gasteiger partial charge in [0.25, 0.3) is 0 Å². The van der Waals surface area contributed by atoms with Crippen LogP contribution in [0.2, 0.25) is 0 Å². The molecule has 0 saturated carbocycles. The number of hydrogen-bond donors (Lipinski definition) is 4. The van der Waals surface area contributed by atoms with Crippen LogP contribution < -0.4 is 0 Å². The zero-order valence-corrected chi connectivity index (χ0v) is 13.8. The van der Waals surface area contributed by atoms with Crippen molar-refractivity contribution in [3.05, 3.63) is 0 Å². The predicted molar refractivity (Wildman–Crippen MR) is 63.9 cm³/mol. The Morgan fingerprint density at radius 2 is 0.741 bits per heavy atom. The third kappa shape index (κ3) is 9.69. The Morgan fingerprint density at radius 1 is 0.556 bits per heavy atom. The topological polar surface area (TPSA) is 149 Å². The molecule has 0 aromatic rings. The SMILES string of the molecule is O=S(=O)(O)C(F)(F)C(F)(F)F.O=S(=O)(O)C(F)(F)C(F)(F)F.OCCCO. The molecular formula is C7H10F10O8S2. The minimum atomic E-state index is -6.42. The molecule has 168 valence electrons. The first-order chi connectivity index (χ1) is 11.4. The molecule has 0 saturated heterocycles. The maximum absolute atomic E-state index is 11.5. The van der Waals surface area contributed by atoms with Gasteiger partial charge in [-0.05, 0) is 6.42 Å². The fourth-order valence-corrected chi connectivity index (χ4v) is 0.948. The van der Waals surface area contributed by atoms with Gasteiger partial charge in [0.1, 0.15) is 0 Å². The van der Waals surface area contributed by atoms with Gasteiger partial charge in [-0.3, -0.25) is 9.11 Å². The van der Waals surface area contributed by atoms with Crippen molar-refractivity contribution < 1.29 is 80.1 Å². The quantitative estimate of drug-likeness (QED) is 0.352. The Hall–Kier alpha value is -0.960. The van der Waals surface area contributed by atoms with Crippen LogP contribution >= 0.6 is 0 Å². The molecular weight excluding hydrogens is 466 g/mol. The van der Waals surface area contributed by atoms with Gasteiger partial charge < -0.3 is 10.2 Å². The Labute approximate surface area is 143 Å². The molecule has 0 bridgehead atoms. The van der Waals surface area contributed by atoms with Crippen LogP contribution in [-0.4, -0.2) is 72.2 Å². The highest BCUT2D eigenvalue weighted by Gasteiger charge is 2.68. The summed E-state index contributed by atoms with van der Waals surface area (Å²) in [6.07, 6.45) is -12.1. The largest absolute Gasteiger partial charge is 0.472 e. The molecule has 4 N–H and O–H groups in total. The first-order valence-corrected chi connectivity index (χ1v) is 8.34.